The summed E-state index contributed by atoms with van der Waals surface area (Å²) in [5.74, 6) is 0. The Bertz CT molecular complexity index is 287. The third-order valence-electron chi connectivity index (χ3n) is 3.40. The average Bonchev–Trinajstić information content (AvgIpc) is 2.80. The molecule has 1 fully saturated rings. The Hall–Kier alpha value is -0.380. The molecule has 0 unspecified atom stereocenters. The van der Waals surface area contributed by atoms with Gasteiger partial charge in [-0.1, -0.05) is 6.07 Å². The molecule has 3 heteroatoms. The zero-order valence-corrected chi connectivity index (χ0v) is 11.1. The molecular weight excluding hydrogens is 216 g/mol. The maximum atomic E-state index is 3.67. The summed E-state index contributed by atoms with van der Waals surface area (Å²) in [4.78, 5) is 4.02. The highest BCUT2D eigenvalue weighted by molar-refractivity contribution is 7.09. The number of rotatable bonds is 4. The maximum absolute atomic E-state index is 3.67. The summed E-state index contributed by atoms with van der Waals surface area (Å²) < 4.78 is 0. The number of piperidine rings is 1. The van der Waals surface area contributed by atoms with Crippen molar-refractivity contribution in [1.29, 1.82) is 0 Å². The number of hydrogen-bond donors (Lipinski definition) is 1. The second-order valence-corrected chi connectivity index (χ2v) is 5.90. The lowest BCUT2D eigenvalue weighted by molar-refractivity contribution is 0.161. The van der Waals surface area contributed by atoms with Crippen LogP contribution in [0.2, 0.25) is 0 Å². The van der Waals surface area contributed by atoms with Gasteiger partial charge >= 0.3 is 0 Å². The summed E-state index contributed by atoms with van der Waals surface area (Å²) in [5.41, 5.74) is 0. The van der Waals surface area contributed by atoms with Gasteiger partial charge in [0.1, 0.15) is 0 Å². The Morgan fingerprint density at radius 3 is 2.75 bits per heavy atom. The molecule has 2 heterocycles. The number of thiophene rings is 1. The van der Waals surface area contributed by atoms with Crippen molar-refractivity contribution in [3.63, 3.8) is 0 Å². The molecule has 1 saturated heterocycles. The van der Waals surface area contributed by atoms with Gasteiger partial charge in [0.15, 0.2) is 0 Å². The molecule has 90 valence electrons. The molecule has 1 N–H and O–H groups in total. The van der Waals surface area contributed by atoms with Gasteiger partial charge in [0, 0.05) is 23.5 Å². The molecule has 0 bridgehead atoms. The Balaban J connectivity index is 1.69. The first-order valence-electron chi connectivity index (χ1n) is 6.25. The van der Waals surface area contributed by atoms with Crippen molar-refractivity contribution in [1.82, 2.24) is 10.2 Å². The summed E-state index contributed by atoms with van der Waals surface area (Å²) in [6, 6.07) is 5.76. The summed E-state index contributed by atoms with van der Waals surface area (Å²) >= 11 is 1.84. The van der Waals surface area contributed by atoms with Gasteiger partial charge < -0.3 is 10.2 Å². The molecule has 0 amide bonds. The van der Waals surface area contributed by atoms with Crippen molar-refractivity contribution < 1.29 is 0 Å². The van der Waals surface area contributed by atoms with Crippen LogP contribution in [0, 0.1) is 0 Å². The standard InChI is InChI=1S/C13H22N2S/c1-11(2)15-7-5-12(6-8-15)14-10-13-4-3-9-16-13/h3-4,9,11-12,14H,5-8,10H2,1-2H3. The van der Waals surface area contributed by atoms with Crippen LogP contribution in [-0.2, 0) is 6.54 Å². The minimum atomic E-state index is 0.707. The lowest BCUT2D eigenvalue weighted by Gasteiger charge is -2.34. The van der Waals surface area contributed by atoms with Gasteiger partial charge in [-0.15, -0.1) is 11.3 Å². The predicted octanol–water partition coefficient (Wildman–Crippen LogP) is 2.71. The fourth-order valence-corrected chi connectivity index (χ4v) is 2.93. The van der Waals surface area contributed by atoms with Gasteiger partial charge in [0.2, 0.25) is 0 Å². The molecule has 1 aliphatic heterocycles. The summed E-state index contributed by atoms with van der Waals surface area (Å²) in [5, 5.41) is 5.82. The van der Waals surface area contributed by atoms with E-state index in [4.69, 9.17) is 0 Å². The third kappa shape index (κ3) is 3.30. The van der Waals surface area contributed by atoms with Crippen molar-refractivity contribution >= 4 is 11.3 Å². The largest absolute Gasteiger partial charge is 0.309 e. The molecule has 2 rings (SSSR count). The highest BCUT2D eigenvalue weighted by atomic mass is 32.1. The SMILES string of the molecule is CC(C)N1CCC(NCc2cccs2)CC1. The van der Waals surface area contributed by atoms with Crippen LogP contribution in [0.5, 0.6) is 0 Å². The van der Waals surface area contributed by atoms with E-state index < -0.39 is 0 Å². The first-order valence-corrected chi connectivity index (χ1v) is 7.13. The molecule has 0 aromatic carbocycles. The van der Waals surface area contributed by atoms with E-state index in [0.29, 0.717) is 6.04 Å². The molecule has 0 aliphatic carbocycles. The molecule has 1 aliphatic rings. The molecule has 2 nitrogen and oxygen atoms in total. The molecule has 1 aromatic heterocycles. The van der Waals surface area contributed by atoms with E-state index in [2.05, 4.69) is 41.6 Å². The Labute approximate surface area is 103 Å². The van der Waals surface area contributed by atoms with Gasteiger partial charge in [-0.25, -0.2) is 0 Å². The third-order valence-corrected chi connectivity index (χ3v) is 4.28. The smallest absolute Gasteiger partial charge is 0.0302 e. The molecule has 0 radical (unpaired) electrons. The van der Waals surface area contributed by atoms with Crippen LogP contribution in [0.3, 0.4) is 0 Å². The number of hydrogen-bond acceptors (Lipinski definition) is 3. The van der Waals surface area contributed by atoms with Crippen molar-refractivity contribution in [2.45, 2.75) is 45.3 Å². The van der Waals surface area contributed by atoms with Gasteiger partial charge in [-0.05, 0) is 51.2 Å². The van der Waals surface area contributed by atoms with E-state index >= 15 is 0 Å². The number of nitrogens with one attached hydrogen (secondary N) is 1. The van der Waals surface area contributed by atoms with E-state index in [9.17, 15) is 0 Å². The molecule has 0 atom stereocenters. The second-order valence-electron chi connectivity index (χ2n) is 4.86. The molecule has 1 aromatic rings. The van der Waals surface area contributed by atoms with Crippen molar-refractivity contribution in [2.75, 3.05) is 13.1 Å². The minimum Gasteiger partial charge on any atom is -0.309 e. The normalized spacial score (nSPS) is 19.4. The van der Waals surface area contributed by atoms with Crippen molar-refractivity contribution in [3.8, 4) is 0 Å². The van der Waals surface area contributed by atoms with Gasteiger partial charge in [0.25, 0.3) is 0 Å². The fourth-order valence-electron chi connectivity index (χ4n) is 2.28. The Morgan fingerprint density at radius 2 is 2.19 bits per heavy atom. The van der Waals surface area contributed by atoms with Gasteiger partial charge in [0.05, 0.1) is 0 Å². The zero-order valence-electron chi connectivity index (χ0n) is 10.3. The van der Waals surface area contributed by atoms with Gasteiger partial charge in [-0.2, -0.15) is 0 Å². The maximum Gasteiger partial charge on any atom is 0.0302 e. The van der Waals surface area contributed by atoms with Crippen LogP contribution < -0.4 is 5.32 Å². The lowest BCUT2D eigenvalue weighted by atomic mass is 10.0. The Morgan fingerprint density at radius 1 is 1.44 bits per heavy atom. The van der Waals surface area contributed by atoms with E-state index in [-0.39, 0.29) is 0 Å². The van der Waals surface area contributed by atoms with E-state index in [0.717, 1.165) is 12.6 Å². The molecule has 0 spiro atoms. The van der Waals surface area contributed by atoms with Crippen molar-refractivity contribution in [2.24, 2.45) is 0 Å². The first kappa shape index (κ1) is 12.1. The van der Waals surface area contributed by atoms with Crippen LogP contribution in [0.4, 0.5) is 0 Å². The fraction of sp³-hybridized carbons (Fsp3) is 0.692. The van der Waals surface area contributed by atoms with E-state index in [1.807, 2.05) is 11.3 Å². The average molecular weight is 238 g/mol. The van der Waals surface area contributed by atoms with E-state index in [1.54, 1.807) is 0 Å². The lowest BCUT2D eigenvalue weighted by Crippen LogP contribution is -2.44. The van der Waals surface area contributed by atoms with Gasteiger partial charge in [-0.3, -0.25) is 0 Å². The predicted molar refractivity (Wildman–Crippen MR) is 70.9 cm³/mol. The topological polar surface area (TPSA) is 15.3 Å². The van der Waals surface area contributed by atoms with Crippen LogP contribution in [0.15, 0.2) is 17.5 Å². The summed E-state index contributed by atoms with van der Waals surface area (Å²) in [7, 11) is 0. The minimum absolute atomic E-state index is 0.707. The quantitative estimate of drug-likeness (QED) is 0.867. The van der Waals surface area contributed by atoms with Crippen LogP contribution >= 0.6 is 11.3 Å². The van der Waals surface area contributed by atoms with Crippen molar-refractivity contribution in [3.05, 3.63) is 22.4 Å². The Kier molecular flexibility index (Phi) is 4.38. The monoisotopic (exact) mass is 238 g/mol. The highest BCUT2D eigenvalue weighted by Gasteiger charge is 2.20. The number of likely N-dealkylation sites (tertiary alicyclic amines) is 1. The van der Waals surface area contributed by atoms with Crippen LogP contribution in [0.1, 0.15) is 31.6 Å². The summed E-state index contributed by atoms with van der Waals surface area (Å²) in [6.45, 7) is 8.13. The first-order chi connectivity index (χ1) is 7.75. The summed E-state index contributed by atoms with van der Waals surface area (Å²) in [6.07, 6.45) is 2.59. The molecule has 0 saturated carbocycles. The van der Waals surface area contributed by atoms with E-state index in [1.165, 1.54) is 30.8 Å². The molecular formula is C13H22N2S. The highest BCUT2D eigenvalue weighted by Crippen LogP contribution is 2.14. The second kappa shape index (κ2) is 5.80. The zero-order chi connectivity index (χ0) is 11.4. The number of nitrogens with zero attached hydrogens (tertiary/aromatic N) is 1. The van der Waals surface area contributed by atoms with Crippen LogP contribution in [0.25, 0.3) is 0 Å². The molecule has 16 heavy (non-hydrogen) atoms. The van der Waals surface area contributed by atoms with Crippen LogP contribution in [-0.4, -0.2) is 30.1 Å².